The summed E-state index contributed by atoms with van der Waals surface area (Å²) in [7, 11) is 0. The largest absolute Gasteiger partial charge is 0.329 e. The molecule has 0 aliphatic carbocycles. The quantitative estimate of drug-likeness (QED) is 0.620. The highest BCUT2D eigenvalue weighted by Gasteiger charge is 1.81. The van der Waals surface area contributed by atoms with Gasteiger partial charge in [0.2, 0.25) is 6.41 Å². The van der Waals surface area contributed by atoms with Crippen LogP contribution in [0.15, 0.2) is 30.3 Å². The van der Waals surface area contributed by atoms with Crippen molar-refractivity contribution in [2.75, 3.05) is 5.32 Å². The first-order valence-electron chi connectivity index (χ1n) is 2.69. The van der Waals surface area contributed by atoms with Crippen molar-refractivity contribution in [2.24, 2.45) is 0 Å². The van der Waals surface area contributed by atoms with E-state index < -0.39 is 0 Å². The predicted molar refractivity (Wildman–Crippen MR) is 38.6 cm³/mol. The summed E-state index contributed by atoms with van der Waals surface area (Å²) in [6, 6.07) is 9.29. The van der Waals surface area contributed by atoms with Crippen LogP contribution in [0.3, 0.4) is 0 Å². The Morgan fingerprint density at radius 2 is 1.80 bits per heavy atom. The van der Waals surface area contributed by atoms with Crippen LogP contribution in [0.25, 0.3) is 0 Å². The van der Waals surface area contributed by atoms with Crippen molar-refractivity contribution in [3.63, 3.8) is 0 Å². The maximum Gasteiger partial charge on any atom is 0.211 e. The number of halogens is 1. The fourth-order valence-electron chi connectivity index (χ4n) is 0.602. The molecular formula is C7H8FNO. The standard InChI is InChI=1S/C7H7NO.FH/c9-6-8-7-4-2-1-3-5-7;/h1-6H,(H,8,9);1H. The number of carbonyl (C=O) groups excluding carboxylic acids is 1. The van der Waals surface area contributed by atoms with E-state index >= 15 is 0 Å². The number of nitrogens with one attached hydrogen (secondary N) is 1. The summed E-state index contributed by atoms with van der Waals surface area (Å²) in [6.07, 6.45) is 0.662. The molecule has 1 aromatic rings. The van der Waals surface area contributed by atoms with Gasteiger partial charge in [-0.15, -0.1) is 0 Å². The summed E-state index contributed by atoms with van der Waals surface area (Å²) in [6.45, 7) is 0. The molecule has 1 amide bonds. The van der Waals surface area contributed by atoms with Gasteiger partial charge in [-0.25, -0.2) is 0 Å². The van der Waals surface area contributed by atoms with E-state index in [0.29, 0.717) is 6.41 Å². The fraction of sp³-hybridized carbons (Fsp3) is 0. The minimum Gasteiger partial charge on any atom is -0.329 e. The van der Waals surface area contributed by atoms with Gasteiger partial charge in [-0.05, 0) is 12.1 Å². The molecule has 0 aliphatic rings. The van der Waals surface area contributed by atoms with Crippen molar-refractivity contribution in [1.29, 1.82) is 0 Å². The van der Waals surface area contributed by atoms with E-state index in [2.05, 4.69) is 5.32 Å². The molecule has 2 nitrogen and oxygen atoms in total. The first-order chi connectivity index (χ1) is 4.43. The Balaban J connectivity index is 0.000000810. The van der Waals surface area contributed by atoms with Crippen molar-refractivity contribution >= 4 is 12.1 Å². The highest BCUT2D eigenvalue weighted by molar-refractivity contribution is 5.70. The zero-order chi connectivity index (χ0) is 6.53. The molecule has 0 saturated carbocycles. The summed E-state index contributed by atoms with van der Waals surface area (Å²) in [4.78, 5) is 9.86. The normalized spacial score (nSPS) is 7.60. The molecule has 0 radical (unpaired) electrons. The van der Waals surface area contributed by atoms with Crippen molar-refractivity contribution in [2.45, 2.75) is 0 Å². The molecule has 1 aromatic carbocycles. The van der Waals surface area contributed by atoms with Gasteiger partial charge in [0.05, 0.1) is 0 Å². The van der Waals surface area contributed by atoms with Gasteiger partial charge < -0.3 is 5.32 Å². The second-order valence-electron chi connectivity index (χ2n) is 1.63. The number of para-hydroxylation sites is 1. The summed E-state index contributed by atoms with van der Waals surface area (Å²) < 4.78 is 0. The number of amides is 1. The Hall–Kier alpha value is -1.38. The van der Waals surface area contributed by atoms with Gasteiger partial charge in [0.25, 0.3) is 0 Å². The highest BCUT2D eigenvalue weighted by Crippen LogP contribution is 2.01. The first kappa shape index (κ1) is 8.62. The average Bonchev–Trinajstić information content (AvgIpc) is 1.91. The van der Waals surface area contributed by atoms with Gasteiger partial charge in [-0.2, -0.15) is 0 Å². The maximum absolute atomic E-state index is 9.86. The van der Waals surface area contributed by atoms with E-state index in [1.54, 1.807) is 0 Å². The lowest BCUT2D eigenvalue weighted by atomic mass is 10.3. The molecular weight excluding hydrogens is 133 g/mol. The topological polar surface area (TPSA) is 29.1 Å². The molecule has 0 aliphatic heterocycles. The van der Waals surface area contributed by atoms with E-state index in [9.17, 15) is 4.79 Å². The summed E-state index contributed by atoms with van der Waals surface area (Å²) in [5.74, 6) is 0. The Labute approximate surface area is 58.2 Å². The SMILES string of the molecule is F.O=CNc1ccccc1. The number of rotatable bonds is 2. The van der Waals surface area contributed by atoms with E-state index in [0.717, 1.165) is 5.69 Å². The van der Waals surface area contributed by atoms with Crippen molar-refractivity contribution < 1.29 is 9.50 Å². The van der Waals surface area contributed by atoms with E-state index in [4.69, 9.17) is 0 Å². The van der Waals surface area contributed by atoms with E-state index in [-0.39, 0.29) is 4.70 Å². The molecule has 0 heterocycles. The molecule has 1 N–H and O–H groups in total. The summed E-state index contributed by atoms with van der Waals surface area (Å²) >= 11 is 0. The Kier molecular flexibility index (Phi) is 3.87. The third kappa shape index (κ3) is 2.26. The van der Waals surface area contributed by atoms with Crippen LogP contribution in [-0.2, 0) is 4.79 Å². The van der Waals surface area contributed by atoms with Gasteiger partial charge >= 0.3 is 0 Å². The van der Waals surface area contributed by atoms with Gasteiger partial charge in [-0.3, -0.25) is 9.50 Å². The molecule has 0 spiro atoms. The summed E-state index contributed by atoms with van der Waals surface area (Å²) in [5, 5.41) is 2.53. The smallest absolute Gasteiger partial charge is 0.211 e. The maximum atomic E-state index is 9.86. The van der Waals surface area contributed by atoms with Crippen LogP contribution < -0.4 is 5.32 Å². The van der Waals surface area contributed by atoms with Crippen LogP contribution in [0.4, 0.5) is 10.4 Å². The van der Waals surface area contributed by atoms with Gasteiger partial charge in [-0.1, -0.05) is 18.2 Å². The zero-order valence-electron chi connectivity index (χ0n) is 5.28. The second kappa shape index (κ2) is 4.49. The van der Waals surface area contributed by atoms with E-state index in [1.807, 2.05) is 30.3 Å². The number of carbonyl (C=O) groups is 1. The molecule has 3 heteroatoms. The predicted octanol–water partition coefficient (Wildman–Crippen LogP) is 1.41. The second-order valence-corrected chi connectivity index (χ2v) is 1.63. The summed E-state index contributed by atoms with van der Waals surface area (Å²) in [5.41, 5.74) is 0.826. The minimum atomic E-state index is 0. The molecule has 0 aromatic heterocycles. The van der Waals surface area contributed by atoms with Crippen molar-refractivity contribution in [3.8, 4) is 0 Å². The average molecular weight is 141 g/mol. The number of benzene rings is 1. The molecule has 54 valence electrons. The lowest BCUT2D eigenvalue weighted by Crippen LogP contribution is -1.91. The highest BCUT2D eigenvalue weighted by atomic mass is 19.0. The molecule has 0 saturated heterocycles. The zero-order valence-corrected chi connectivity index (χ0v) is 5.28. The van der Waals surface area contributed by atoms with Crippen LogP contribution in [0.1, 0.15) is 0 Å². The van der Waals surface area contributed by atoms with Crippen LogP contribution >= 0.6 is 0 Å². The van der Waals surface area contributed by atoms with Crippen molar-refractivity contribution in [3.05, 3.63) is 30.3 Å². The van der Waals surface area contributed by atoms with Crippen LogP contribution in [0, 0.1) is 0 Å². The minimum absolute atomic E-state index is 0. The van der Waals surface area contributed by atoms with Crippen LogP contribution in [0.5, 0.6) is 0 Å². The number of hydrogen-bond acceptors (Lipinski definition) is 1. The monoisotopic (exact) mass is 141 g/mol. The Morgan fingerprint density at radius 3 is 2.30 bits per heavy atom. The molecule has 1 rings (SSSR count). The van der Waals surface area contributed by atoms with Gasteiger partial charge in [0, 0.05) is 5.69 Å². The number of anilines is 1. The molecule has 0 bridgehead atoms. The van der Waals surface area contributed by atoms with Gasteiger partial charge in [0.1, 0.15) is 0 Å². The number of hydrogen-bond donors (Lipinski definition) is 1. The molecule has 0 unspecified atom stereocenters. The van der Waals surface area contributed by atoms with Crippen molar-refractivity contribution in [1.82, 2.24) is 0 Å². The van der Waals surface area contributed by atoms with Crippen LogP contribution in [0.2, 0.25) is 0 Å². The Morgan fingerprint density at radius 1 is 1.20 bits per heavy atom. The first-order valence-corrected chi connectivity index (χ1v) is 2.69. The molecule has 10 heavy (non-hydrogen) atoms. The Bertz CT molecular complexity index is 188. The lowest BCUT2D eigenvalue weighted by Gasteiger charge is -1.93. The van der Waals surface area contributed by atoms with E-state index in [1.165, 1.54) is 0 Å². The molecule has 0 atom stereocenters. The fourth-order valence-corrected chi connectivity index (χ4v) is 0.602. The lowest BCUT2D eigenvalue weighted by molar-refractivity contribution is -0.105. The van der Waals surface area contributed by atoms with Crippen LogP contribution in [-0.4, -0.2) is 6.41 Å². The van der Waals surface area contributed by atoms with Gasteiger partial charge in [0.15, 0.2) is 0 Å². The molecule has 0 fully saturated rings. The third-order valence-corrected chi connectivity index (χ3v) is 0.999. The third-order valence-electron chi connectivity index (χ3n) is 0.999.